The predicted octanol–water partition coefficient (Wildman–Crippen LogP) is 2.81. The van der Waals surface area contributed by atoms with Crippen LogP contribution >= 0.6 is 0 Å². The third-order valence-corrected chi connectivity index (χ3v) is 7.24. The van der Waals surface area contributed by atoms with E-state index in [1.54, 1.807) is 17.0 Å². The molecule has 4 rings (SSSR count). The molecule has 3 aliphatic rings. The number of amides is 4. The van der Waals surface area contributed by atoms with Crippen LogP contribution in [0.1, 0.15) is 57.3 Å². The number of urea groups is 1. The van der Waals surface area contributed by atoms with E-state index in [9.17, 15) is 23.6 Å². The van der Waals surface area contributed by atoms with Gasteiger partial charge in [-0.15, -0.1) is 0 Å². The van der Waals surface area contributed by atoms with Crippen LogP contribution in [0.15, 0.2) is 18.2 Å². The molecule has 2 heterocycles. The van der Waals surface area contributed by atoms with Crippen LogP contribution in [0.2, 0.25) is 0 Å². The Morgan fingerprint density at radius 1 is 1.12 bits per heavy atom. The van der Waals surface area contributed by atoms with Gasteiger partial charge < -0.3 is 15.1 Å². The van der Waals surface area contributed by atoms with Crippen molar-refractivity contribution in [3.8, 4) is 0 Å². The molecule has 1 saturated carbocycles. The summed E-state index contributed by atoms with van der Waals surface area (Å²) in [5.41, 5.74) is -0.297. The van der Waals surface area contributed by atoms with Gasteiger partial charge in [-0.05, 0) is 55.7 Å². The van der Waals surface area contributed by atoms with Crippen molar-refractivity contribution in [2.45, 2.75) is 52.5 Å². The predicted molar refractivity (Wildman–Crippen MR) is 125 cm³/mol. The normalized spacial score (nSPS) is 26.7. The smallest absolute Gasteiger partial charge is 0.325 e. The lowest BCUT2D eigenvalue weighted by Crippen LogP contribution is -2.55. The summed E-state index contributed by atoms with van der Waals surface area (Å²) in [5, 5.41) is 2.90. The number of benzene rings is 1. The molecule has 1 spiro atoms. The number of carbonyl (C=O) groups is 4. The fourth-order valence-electron chi connectivity index (χ4n) is 6.06. The second kappa shape index (κ2) is 8.67. The first kappa shape index (κ1) is 24.2. The van der Waals surface area contributed by atoms with E-state index in [0.717, 1.165) is 11.3 Å². The fraction of sp³-hybridized carbons (Fsp3) is 0.600. The Labute approximate surface area is 199 Å². The van der Waals surface area contributed by atoms with E-state index in [1.165, 1.54) is 13.0 Å². The van der Waals surface area contributed by atoms with Crippen LogP contribution in [0.3, 0.4) is 0 Å². The summed E-state index contributed by atoms with van der Waals surface area (Å²) < 4.78 is 14.5. The van der Waals surface area contributed by atoms with Crippen molar-refractivity contribution in [2.24, 2.45) is 11.3 Å². The van der Waals surface area contributed by atoms with Crippen LogP contribution in [-0.4, -0.2) is 71.7 Å². The SMILES string of the molecule is CC(=O)c1ccc(N2CCN(C(=O)CN3C(=O)N[C@@]4(C[C@H](C)CC(C)(C)C4)C3=O)CC2)c(F)c1. The van der Waals surface area contributed by atoms with Gasteiger partial charge in [0.1, 0.15) is 17.9 Å². The van der Waals surface area contributed by atoms with Crippen LogP contribution in [-0.2, 0) is 9.59 Å². The van der Waals surface area contributed by atoms with Gasteiger partial charge in [0.25, 0.3) is 5.91 Å². The molecular weight excluding hydrogens is 439 g/mol. The van der Waals surface area contributed by atoms with Gasteiger partial charge in [0.2, 0.25) is 5.91 Å². The van der Waals surface area contributed by atoms with Crippen molar-refractivity contribution in [2.75, 3.05) is 37.6 Å². The Morgan fingerprint density at radius 2 is 1.79 bits per heavy atom. The molecular formula is C25H33FN4O4. The summed E-state index contributed by atoms with van der Waals surface area (Å²) in [6.45, 7) is 8.94. The topological polar surface area (TPSA) is 90.0 Å². The maximum Gasteiger partial charge on any atom is 0.325 e. The molecule has 184 valence electrons. The summed E-state index contributed by atoms with van der Waals surface area (Å²) in [6.07, 6.45) is 2.13. The molecule has 1 aromatic carbocycles. The lowest BCUT2D eigenvalue weighted by Gasteiger charge is -2.43. The van der Waals surface area contributed by atoms with Gasteiger partial charge in [0.05, 0.1) is 5.69 Å². The number of Topliss-reactive ketones (excluding diaryl/α,β-unsaturated/α-hetero) is 1. The second-order valence-electron chi connectivity index (χ2n) is 10.8. The highest BCUT2D eigenvalue weighted by Crippen LogP contribution is 2.46. The Morgan fingerprint density at radius 3 is 2.38 bits per heavy atom. The number of imide groups is 1. The number of nitrogens with one attached hydrogen (secondary N) is 1. The van der Waals surface area contributed by atoms with Crippen molar-refractivity contribution in [1.29, 1.82) is 0 Å². The van der Waals surface area contributed by atoms with Gasteiger partial charge >= 0.3 is 6.03 Å². The minimum Gasteiger partial charge on any atom is -0.366 e. The lowest BCUT2D eigenvalue weighted by molar-refractivity contribution is -0.140. The first-order valence-corrected chi connectivity index (χ1v) is 11.9. The first-order valence-electron chi connectivity index (χ1n) is 11.9. The standard InChI is InChI=1S/C25H33FN4O4/c1-16-12-24(3,4)15-25(13-16)22(33)30(23(34)27-25)14-21(32)29-9-7-28(8-10-29)20-6-5-18(17(2)31)11-19(20)26/h5-6,11,16H,7-10,12-15H2,1-4H3,(H,27,34)/t16-,25-/m1/s1. The van der Waals surface area contributed by atoms with Gasteiger partial charge in [-0.25, -0.2) is 9.18 Å². The molecule has 34 heavy (non-hydrogen) atoms. The quantitative estimate of drug-likeness (QED) is 0.538. The highest BCUT2D eigenvalue weighted by Gasteiger charge is 2.56. The molecule has 2 atom stereocenters. The zero-order valence-corrected chi connectivity index (χ0v) is 20.3. The van der Waals surface area contributed by atoms with Crippen LogP contribution in [0.4, 0.5) is 14.9 Å². The fourth-order valence-corrected chi connectivity index (χ4v) is 6.06. The van der Waals surface area contributed by atoms with Crippen molar-refractivity contribution >= 4 is 29.3 Å². The minimum absolute atomic E-state index is 0.0746. The summed E-state index contributed by atoms with van der Waals surface area (Å²) in [5.74, 6) is -0.981. The molecule has 1 aromatic rings. The van der Waals surface area contributed by atoms with Crippen molar-refractivity contribution < 1.29 is 23.6 Å². The van der Waals surface area contributed by atoms with Crippen LogP contribution in [0, 0.1) is 17.2 Å². The van der Waals surface area contributed by atoms with E-state index in [0.29, 0.717) is 56.2 Å². The monoisotopic (exact) mass is 472 g/mol. The molecule has 0 bridgehead atoms. The molecule has 0 unspecified atom stereocenters. The number of rotatable bonds is 4. The molecule has 0 radical (unpaired) electrons. The Bertz CT molecular complexity index is 1030. The van der Waals surface area contributed by atoms with Crippen molar-refractivity contribution in [3.05, 3.63) is 29.6 Å². The Hall–Kier alpha value is -2.97. The zero-order chi connectivity index (χ0) is 24.8. The Balaban J connectivity index is 1.38. The van der Waals surface area contributed by atoms with Gasteiger partial charge in [-0.3, -0.25) is 19.3 Å². The minimum atomic E-state index is -0.930. The van der Waals surface area contributed by atoms with E-state index in [-0.39, 0.29) is 29.6 Å². The molecule has 9 heteroatoms. The summed E-state index contributed by atoms with van der Waals surface area (Å²) >= 11 is 0. The number of ketones is 1. The number of nitrogens with zero attached hydrogens (tertiary/aromatic N) is 3. The first-order chi connectivity index (χ1) is 15.9. The largest absolute Gasteiger partial charge is 0.366 e. The van der Waals surface area contributed by atoms with Crippen molar-refractivity contribution in [1.82, 2.24) is 15.1 Å². The third-order valence-electron chi connectivity index (χ3n) is 7.24. The summed E-state index contributed by atoms with van der Waals surface area (Å²) in [4.78, 5) is 54.9. The third kappa shape index (κ3) is 4.52. The molecule has 4 amide bonds. The Kier molecular flexibility index (Phi) is 6.16. The average Bonchev–Trinajstić information content (AvgIpc) is 2.95. The number of hydrogen-bond acceptors (Lipinski definition) is 5. The molecule has 2 aliphatic heterocycles. The van der Waals surface area contributed by atoms with E-state index in [2.05, 4.69) is 26.1 Å². The van der Waals surface area contributed by atoms with Crippen molar-refractivity contribution in [3.63, 3.8) is 0 Å². The van der Waals surface area contributed by atoms with Gasteiger partial charge in [-0.1, -0.05) is 20.8 Å². The lowest BCUT2D eigenvalue weighted by atomic mass is 9.64. The summed E-state index contributed by atoms with van der Waals surface area (Å²) in [7, 11) is 0. The van der Waals surface area contributed by atoms with E-state index < -0.39 is 17.4 Å². The number of halogens is 1. The number of piperazine rings is 1. The second-order valence-corrected chi connectivity index (χ2v) is 10.8. The van der Waals surface area contributed by atoms with Crippen LogP contribution in [0.5, 0.6) is 0 Å². The van der Waals surface area contributed by atoms with Gasteiger partial charge in [0.15, 0.2) is 5.78 Å². The molecule has 8 nitrogen and oxygen atoms in total. The molecule has 1 aliphatic carbocycles. The molecule has 1 N–H and O–H groups in total. The maximum absolute atomic E-state index is 14.5. The highest BCUT2D eigenvalue weighted by atomic mass is 19.1. The maximum atomic E-state index is 14.5. The molecule has 2 saturated heterocycles. The zero-order valence-electron chi connectivity index (χ0n) is 20.3. The van der Waals surface area contributed by atoms with Crippen LogP contribution < -0.4 is 10.2 Å². The van der Waals surface area contributed by atoms with E-state index >= 15 is 0 Å². The van der Waals surface area contributed by atoms with Crippen LogP contribution in [0.25, 0.3) is 0 Å². The summed E-state index contributed by atoms with van der Waals surface area (Å²) in [6, 6.07) is 3.91. The van der Waals surface area contributed by atoms with Gasteiger partial charge in [-0.2, -0.15) is 0 Å². The average molecular weight is 473 g/mol. The molecule has 3 fully saturated rings. The number of hydrogen-bond donors (Lipinski definition) is 1. The molecule has 0 aromatic heterocycles. The number of carbonyl (C=O) groups excluding carboxylic acids is 4. The highest BCUT2D eigenvalue weighted by molar-refractivity contribution is 6.09. The van der Waals surface area contributed by atoms with E-state index in [1.807, 2.05) is 4.90 Å². The van der Waals surface area contributed by atoms with E-state index in [4.69, 9.17) is 0 Å². The number of anilines is 1. The van der Waals surface area contributed by atoms with Gasteiger partial charge in [0, 0.05) is 31.7 Å².